The van der Waals surface area contributed by atoms with E-state index in [1.165, 1.54) is 12.5 Å². The van der Waals surface area contributed by atoms with Gasteiger partial charge in [-0.2, -0.15) is 0 Å². The number of benzene rings is 1. The van der Waals surface area contributed by atoms with Gasteiger partial charge in [-0.1, -0.05) is 19.3 Å². The first-order valence-electron chi connectivity index (χ1n) is 8.55. The first-order chi connectivity index (χ1) is 12.1. The number of rotatable bonds is 1. The van der Waals surface area contributed by atoms with E-state index < -0.39 is 11.2 Å². The number of fused-ring (bicyclic) bond motifs is 4. The number of aromatic hydroxyl groups is 1. The number of aromatic nitrogens is 3. The fraction of sp³-hybridized carbons (Fsp3) is 0.333. The van der Waals surface area contributed by atoms with Gasteiger partial charge in [0.1, 0.15) is 5.65 Å². The SMILES string of the molecule is O=c1ccc2c(oc3cc4c(=O)[nH]n(C5CCCCC5)c4[nH]c32)c1O. The highest BCUT2D eigenvalue weighted by Gasteiger charge is 2.21. The zero-order chi connectivity index (χ0) is 17.1. The molecule has 3 heterocycles. The van der Waals surface area contributed by atoms with E-state index in [2.05, 4.69) is 10.1 Å². The average Bonchev–Trinajstić information content (AvgIpc) is 3.16. The molecule has 1 aliphatic carbocycles. The van der Waals surface area contributed by atoms with Crippen LogP contribution in [0.2, 0.25) is 0 Å². The average molecular weight is 339 g/mol. The molecular weight excluding hydrogens is 322 g/mol. The molecule has 0 aliphatic heterocycles. The summed E-state index contributed by atoms with van der Waals surface area (Å²) in [6.07, 6.45) is 5.62. The summed E-state index contributed by atoms with van der Waals surface area (Å²) in [6.45, 7) is 0. The van der Waals surface area contributed by atoms with Crippen molar-refractivity contribution in [1.29, 1.82) is 0 Å². The Morgan fingerprint density at radius 1 is 1.12 bits per heavy atom. The monoisotopic (exact) mass is 339 g/mol. The molecule has 1 saturated carbocycles. The summed E-state index contributed by atoms with van der Waals surface area (Å²) in [4.78, 5) is 27.3. The van der Waals surface area contributed by atoms with E-state index in [4.69, 9.17) is 4.42 Å². The van der Waals surface area contributed by atoms with Gasteiger partial charge in [0, 0.05) is 5.39 Å². The molecule has 7 heteroatoms. The predicted molar refractivity (Wildman–Crippen MR) is 94.2 cm³/mol. The lowest BCUT2D eigenvalue weighted by Crippen LogP contribution is -2.16. The third-order valence-corrected chi connectivity index (χ3v) is 5.24. The van der Waals surface area contributed by atoms with Crippen molar-refractivity contribution in [3.8, 4) is 5.75 Å². The zero-order valence-electron chi connectivity index (χ0n) is 13.5. The topological polar surface area (TPSA) is 104 Å². The molecule has 0 bridgehead atoms. The lowest BCUT2D eigenvalue weighted by Gasteiger charge is -2.23. The van der Waals surface area contributed by atoms with Crippen LogP contribution >= 0.6 is 0 Å². The molecule has 7 nitrogen and oxygen atoms in total. The van der Waals surface area contributed by atoms with Crippen molar-refractivity contribution in [2.45, 2.75) is 38.1 Å². The summed E-state index contributed by atoms with van der Waals surface area (Å²) < 4.78 is 7.57. The van der Waals surface area contributed by atoms with Crippen molar-refractivity contribution in [3.05, 3.63) is 38.8 Å². The number of nitrogens with zero attached hydrogens (tertiary/aromatic N) is 1. The van der Waals surface area contributed by atoms with Gasteiger partial charge in [0.05, 0.1) is 16.9 Å². The summed E-state index contributed by atoms with van der Waals surface area (Å²) >= 11 is 0. The third kappa shape index (κ3) is 1.98. The highest BCUT2D eigenvalue weighted by atomic mass is 16.4. The van der Waals surface area contributed by atoms with Gasteiger partial charge in [-0.3, -0.25) is 19.4 Å². The Morgan fingerprint density at radius 2 is 1.92 bits per heavy atom. The molecule has 0 amide bonds. The maximum absolute atomic E-state index is 12.4. The molecule has 0 atom stereocenters. The van der Waals surface area contributed by atoms with Crippen LogP contribution in [0.15, 0.2) is 32.2 Å². The third-order valence-electron chi connectivity index (χ3n) is 5.24. The Balaban J connectivity index is 1.84. The molecule has 0 saturated heterocycles. The van der Waals surface area contributed by atoms with E-state index in [-0.39, 0.29) is 17.2 Å². The van der Waals surface area contributed by atoms with Gasteiger partial charge in [-0.15, -0.1) is 0 Å². The highest BCUT2D eigenvalue weighted by molar-refractivity contribution is 6.07. The summed E-state index contributed by atoms with van der Waals surface area (Å²) in [5.74, 6) is -0.407. The van der Waals surface area contributed by atoms with Crippen molar-refractivity contribution in [1.82, 2.24) is 14.8 Å². The van der Waals surface area contributed by atoms with Crippen molar-refractivity contribution in [3.63, 3.8) is 0 Å². The van der Waals surface area contributed by atoms with Crippen LogP contribution in [-0.2, 0) is 0 Å². The van der Waals surface area contributed by atoms with Crippen LogP contribution in [0.4, 0.5) is 0 Å². The summed E-state index contributed by atoms with van der Waals surface area (Å²) in [7, 11) is 0. The molecule has 0 unspecified atom stereocenters. The molecule has 3 aromatic heterocycles. The minimum atomic E-state index is -0.485. The maximum Gasteiger partial charge on any atom is 0.273 e. The molecule has 1 aromatic carbocycles. The maximum atomic E-state index is 12.4. The fourth-order valence-corrected chi connectivity index (χ4v) is 3.96. The van der Waals surface area contributed by atoms with Crippen molar-refractivity contribution >= 4 is 33.1 Å². The van der Waals surface area contributed by atoms with E-state index in [1.54, 1.807) is 12.1 Å². The predicted octanol–water partition coefficient (Wildman–Crippen LogP) is 3.13. The fourth-order valence-electron chi connectivity index (χ4n) is 3.96. The van der Waals surface area contributed by atoms with Crippen molar-refractivity contribution < 1.29 is 9.52 Å². The van der Waals surface area contributed by atoms with Crippen LogP contribution in [0.5, 0.6) is 5.75 Å². The second-order valence-corrected chi connectivity index (χ2v) is 6.76. The number of pyridine rings is 1. The number of aromatic amines is 2. The second-order valence-electron chi connectivity index (χ2n) is 6.76. The van der Waals surface area contributed by atoms with Gasteiger partial charge >= 0.3 is 0 Å². The molecule has 25 heavy (non-hydrogen) atoms. The number of furan rings is 1. The number of hydrogen-bond donors (Lipinski definition) is 3. The van der Waals surface area contributed by atoms with E-state index in [0.717, 1.165) is 31.3 Å². The minimum Gasteiger partial charge on any atom is -0.502 e. The van der Waals surface area contributed by atoms with E-state index in [9.17, 15) is 14.7 Å². The molecule has 0 radical (unpaired) electrons. The van der Waals surface area contributed by atoms with Crippen LogP contribution < -0.4 is 11.0 Å². The lowest BCUT2D eigenvalue weighted by molar-refractivity contribution is 0.335. The van der Waals surface area contributed by atoms with Crippen molar-refractivity contribution in [2.75, 3.05) is 0 Å². The van der Waals surface area contributed by atoms with Crippen molar-refractivity contribution in [2.24, 2.45) is 0 Å². The van der Waals surface area contributed by atoms with Crippen LogP contribution in [-0.4, -0.2) is 19.9 Å². The Bertz CT molecular complexity index is 1230. The first kappa shape index (κ1) is 14.4. The van der Waals surface area contributed by atoms with E-state index in [1.807, 2.05) is 4.68 Å². The largest absolute Gasteiger partial charge is 0.502 e. The van der Waals surface area contributed by atoms with Gasteiger partial charge in [-0.05, 0) is 31.0 Å². The van der Waals surface area contributed by atoms with Gasteiger partial charge < -0.3 is 14.5 Å². The molecule has 128 valence electrons. The Labute approximate surface area is 140 Å². The van der Waals surface area contributed by atoms with Gasteiger partial charge in [0.25, 0.3) is 5.56 Å². The van der Waals surface area contributed by atoms with E-state index in [0.29, 0.717) is 21.9 Å². The van der Waals surface area contributed by atoms with Gasteiger partial charge in [0.15, 0.2) is 11.2 Å². The number of hydrogen-bond acceptors (Lipinski definition) is 4. The molecule has 1 aliphatic rings. The molecular formula is C18H17N3O4. The van der Waals surface area contributed by atoms with Gasteiger partial charge in [-0.25, -0.2) is 0 Å². The number of phenolic OH excluding ortho intramolecular Hbond substituents is 1. The van der Waals surface area contributed by atoms with Crippen LogP contribution in [0, 0.1) is 0 Å². The van der Waals surface area contributed by atoms with Crippen LogP contribution in [0.1, 0.15) is 38.1 Å². The minimum absolute atomic E-state index is 0.145. The number of nitrogens with one attached hydrogen (secondary N) is 2. The molecule has 0 spiro atoms. The standard InChI is InChI=1S/C18H17N3O4/c22-12-7-6-10-14-13(25-16(10)15(12)23)8-11-17(19-14)21(20-18(11)24)9-4-2-1-3-5-9/h6-9,19,23H,1-5H2,(H,20,24). The Kier molecular flexibility index (Phi) is 2.89. The quantitative estimate of drug-likeness (QED) is 0.495. The number of phenols is 1. The van der Waals surface area contributed by atoms with Crippen LogP contribution in [0.25, 0.3) is 33.1 Å². The number of H-pyrrole nitrogens is 2. The first-order valence-corrected chi connectivity index (χ1v) is 8.55. The summed E-state index contributed by atoms with van der Waals surface area (Å²) in [5.41, 5.74) is 1.31. The van der Waals surface area contributed by atoms with Gasteiger partial charge in [0.2, 0.25) is 11.2 Å². The normalized spacial score (nSPS) is 16.3. The summed E-state index contributed by atoms with van der Waals surface area (Å²) in [6, 6.07) is 4.88. The highest BCUT2D eigenvalue weighted by Crippen LogP contribution is 2.34. The smallest absolute Gasteiger partial charge is 0.273 e. The summed E-state index contributed by atoms with van der Waals surface area (Å²) in [5, 5.41) is 14.0. The zero-order valence-corrected chi connectivity index (χ0v) is 13.5. The van der Waals surface area contributed by atoms with Crippen LogP contribution in [0.3, 0.4) is 0 Å². The molecule has 5 rings (SSSR count). The lowest BCUT2D eigenvalue weighted by atomic mass is 9.96. The molecule has 3 N–H and O–H groups in total. The Morgan fingerprint density at radius 3 is 2.72 bits per heavy atom. The van der Waals surface area contributed by atoms with E-state index >= 15 is 0 Å². The second kappa shape index (κ2) is 5.02. The molecule has 1 fully saturated rings. The molecule has 4 aromatic rings. The Hall–Kier alpha value is -2.96.